The maximum Gasteiger partial charge on any atom is 0.408 e. The van der Waals surface area contributed by atoms with E-state index < -0.39 is 68.3 Å². The van der Waals surface area contributed by atoms with E-state index in [2.05, 4.69) is 15.8 Å². The highest BCUT2D eigenvalue weighted by Gasteiger charge is 2.52. The molecule has 0 aromatic heterocycles. The Balaban J connectivity index is 1.69. The molecule has 2 aliphatic carbocycles. The third-order valence-corrected chi connectivity index (χ3v) is 8.54. The van der Waals surface area contributed by atoms with Crippen LogP contribution in [0.1, 0.15) is 59.8 Å². The van der Waals surface area contributed by atoms with Crippen molar-refractivity contribution < 1.29 is 37.4 Å². The summed E-state index contributed by atoms with van der Waals surface area (Å²) in [4.78, 5) is 50.8. The van der Waals surface area contributed by atoms with Gasteiger partial charge in [-0.3, -0.25) is 19.1 Å². The summed E-state index contributed by atoms with van der Waals surface area (Å²) < 4.78 is 31.0. The fourth-order valence-corrected chi connectivity index (χ4v) is 5.14. The van der Waals surface area contributed by atoms with E-state index in [-0.39, 0.29) is 19.4 Å². The summed E-state index contributed by atoms with van der Waals surface area (Å²) in [5.41, 5.74) is 8.03. The number of nitrogens with one attached hydrogen (secondary N) is 2. The molecule has 0 spiro atoms. The molecule has 1 heterocycles. The summed E-state index contributed by atoms with van der Waals surface area (Å²) in [7, 11) is -3.73. The Morgan fingerprint density at radius 3 is 2.50 bits per heavy atom. The first-order valence-electron chi connectivity index (χ1n) is 11.8. The summed E-state index contributed by atoms with van der Waals surface area (Å²) in [6.45, 7) is 6.46. The van der Waals surface area contributed by atoms with Crippen LogP contribution in [0.3, 0.4) is 0 Å². The standard InChI is InChI=1S/C23H34N4O8S/c1-22(2,3)35-21(32)25-16(20(31)27-12-14(28)11-17(27)18(24)29)7-5-6-13-10-15(13)19(30)26-36(33,34)23(4)8-9-23/h5,14-17,28H,7-12H2,1-4H3,(H2,24,29)(H,25,32)(H,26,30)/t6?,14-,15+,16+,17+/m1/s1. The molecule has 3 fully saturated rings. The Bertz CT molecular complexity index is 1120. The normalized spacial score (nSPS) is 25.3. The molecule has 200 valence electrons. The first-order chi connectivity index (χ1) is 16.5. The molecular weight excluding hydrogens is 492 g/mol. The fourth-order valence-electron chi connectivity index (χ4n) is 3.85. The van der Waals surface area contributed by atoms with Crippen LogP contribution in [-0.4, -0.2) is 77.3 Å². The number of hydrogen-bond donors (Lipinski definition) is 4. The number of sulfonamides is 1. The predicted octanol–water partition coefficient (Wildman–Crippen LogP) is -0.183. The van der Waals surface area contributed by atoms with Gasteiger partial charge >= 0.3 is 6.09 Å². The molecule has 12 nitrogen and oxygen atoms in total. The minimum atomic E-state index is -3.73. The first-order valence-corrected chi connectivity index (χ1v) is 13.3. The van der Waals surface area contributed by atoms with E-state index >= 15 is 0 Å². The monoisotopic (exact) mass is 526 g/mol. The van der Waals surface area contributed by atoms with Crippen LogP contribution in [0, 0.1) is 5.92 Å². The van der Waals surface area contributed by atoms with Crippen molar-refractivity contribution in [2.75, 3.05) is 6.54 Å². The topological polar surface area (TPSA) is 185 Å². The van der Waals surface area contributed by atoms with E-state index in [0.29, 0.717) is 24.8 Å². The molecule has 4 amide bonds. The molecule has 13 heteroatoms. The third-order valence-electron chi connectivity index (χ3n) is 6.36. The minimum Gasteiger partial charge on any atom is -0.444 e. The number of nitrogens with zero attached hydrogens (tertiary/aromatic N) is 1. The summed E-state index contributed by atoms with van der Waals surface area (Å²) in [6, 6.07) is -2.16. The largest absolute Gasteiger partial charge is 0.444 e. The molecule has 5 N–H and O–H groups in total. The smallest absolute Gasteiger partial charge is 0.408 e. The van der Waals surface area contributed by atoms with Crippen LogP contribution in [0.25, 0.3) is 0 Å². The lowest BCUT2D eigenvalue weighted by Gasteiger charge is -2.28. The second kappa shape index (κ2) is 9.87. The van der Waals surface area contributed by atoms with Crippen LogP contribution >= 0.6 is 0 Å². The zero-order valence-corrected chi connectivity index (χ0v) is 21.7. The molecule has 1 aliphatic heterocycles. The molecule has 0 bridgehead atoms. The predicted molar refractivity (Wildman–Crippen MR) is 127 cm³/mol. The van der Waals surface area contributed by atoms with Gasteiger partial charge in [-0.2, -0.15) is 0 Å². The average Bonchev–Trinajstić information content (AvgIpc) is 3.63. The van der Waals surface area contributed by atoms with Crippen molar-refractivity contribution in [3.63, 3.8) is 0 Å². The van der Waals surface area contributed by atoms with Gasteiger partial charge in [0.15, 0.2) is 0 Å². The second-order valence-corrected chi connectivity index (χ2v) is 13.0. The molecule has 0 unspecified atom stereocenters. The number of rotatable bonds is 8. The molecule has 0 aromatic carbocycles. The number of hydrogen-bond acceptors (Lipinski definition) is 8. The number of alkyl carbamates (subject to hydrolysis) is 1. The zero-order valence-electron chi connectivity index (χ0n) is 20.9. The molecule has 1 saturated heterocycles. The van der Waals surface area contributed by atoms with Crippen LogP contribution in [0.15, 0.2) is 17.4 Å². The van der Waals surface area contributed by atoms with Gasteiger partial charge in [0.2, 0.25) is 27.7 Å². The number of likely N-dealkylation sites (tertiary alicyclic amines) is 1. The number of amides is 4. The Hall–Kier alpha value is -2.89. The Morgan fingerprint density at radius 1 is 1.31 bits per heavy atom. The van der Waals surface area contributed by atoms with E-state index in [0.717, 1.165) is 4.90 Å². The van der Waals surface area contributed by atoms with E-state index in [1.54, 1.807) is 27.7 Å². The minimum absolute atomic E-state index is 0.00112. The van der Waals surface area contributed by atoms with E-state index in [1.165, 1.54) is 6.08 Å². The van der Waals surface area contributed by atoms with Crippen molar-refractivity contribution >= 4 is 33.8 Å². The maximum absolute atomic E-state index is 13.2. The lowest BCUT2D eigenvalue weighted by Crippen LogP contribution is -2.53. The highest BCUT2D eigenvalue weighted by atomic mass is 32.2. The zero-order chi connectivity index (χ0) is 27.1. The van der Waals surface area contributed by atoms with Crippen LogP contribution < -0.4 is 15.8 Å². The Labute approximate surface area is 210 Å². The van der Waals surface area contributed by atoms with Gasteiger partial charge in [0.1, 0.15) is 17.7 Å². The van der Waals surface area contributed by atoms with Gasteiger partial charge in [0, 0.05) is 19.4 Å². The Morgan fingerprint density at radius 2 is 1.94 bits per heavy atom. The quantitative estimate of drug-likeness (QED) is 0.314. The van der Waals surface area contributed by atoms with Gasteiger partial charge in [-0.25, -0.2) is 13.2 Å². The van der Waals surface area contributed by atoms with Crippen molar-refractivity contribution in [1.29, 1.82) is 0 Å². The number of nitrogens with two attached hydrogens (primary N) is 1. The number of β-amino-alcohol motifs (C(OH)–C–C–N with tert-alkyl or cyclic N) is 1. The third kappa shape index (κ3) is 6.65. The van der Waals surface area contributed by atoms with Gasteiger partial charge in [-0.05, 0) is 58.6 Å². The average molecular weight is 527 g/mol. The van der Waals surface area contributed by atoms with Crippen molar-refractivity contribution in [3.05, 3.63) is 17.4 Å². The lowest BCUT2D eigenvalue weighted by atomic mass is 10.1. The van der Waals surface area contributed by atoms with E-state index in [9.17, 15) is 32.7 Å². The number of aliphatic hydroxyl groups excluding tert-OH is 1. The number of ether oxygens (including phenoxy) is 1. The molecule has 3 rings (SSSR count). The highest BCUT2D eigenvalue weighted by molar-refractivity contribution is 7.91. The SMILES string of the molecule is CC(C)(C)OC(=O)N[C@@H](CC=C=C1C[C@@H]1C(=O)NS(=O)(=O)C1(C)CC1)C(=O)N1C[C@H](O)C[C@H]1C(N)=O. The molecule has 0 radical (unpaired) electrons. The van der Waals surface area contributed by atoms with Crippen molar-refractivity contribution in [1.82, 2.24) is 14.9 Å². The number of carbonyl (C=O) groups excluding carboxylic acids is 4. The summed E-state index contributed by atoms with van der Waals surface area (Å²) in [6.07, 6.45) is 0.982. The van der Waals surface area contributed by atoms with Crippen LogP contribution in [0.5, 0.6) is 0 Å². The maximum atomic E-state index is 13.2. The molecule has 2 saturated carbocycles. The van der Waals surface area contributed by atoms with Gasteiger partial charge < -0.3 is 25.8 Å². The molecule has 36 heavy (non-hydrogen) atoms. The number of carbonyl (C=O) groups is 4. The summed E-state index contributed by atoms with van der Waals surface area (Å²) >= 11 is 0. The van der Waals surface area contributed by atoms with Crippen molar-refractivity contribution in [2.45, 2.75) is 88.3 Å². The summed E-state index contributed by atoms with van der Waals surface area (Å²) in [5, 5.41) is 12.4. The van der Waals surface area contributed by atoms with Gasteiger partial charge in [-0.15, -0.1) is 5.73 Å². The first kappa shape index (κ1) is 27.7. The van der Waals surface area contributed by atoms with Crippen LogP contribution in [0.4, 0.5) is 4.79 Å². The van der Waals surface area contributed by atoms with Gasteiger partial charge in [0.25, 0.3) is 0 Å². The summed E-state index contributed by atoms with van der Waals surface area (Å²) in [5.74, 6) is -2.64. The Kier molecular flexibility index (Phi) is 7.59. The van der Waals surface area contributed by atoms with Gasteiger partial charge in [-0.1, -0.05) is 0 Å². The van der Waals surface area contributed by atoms with Crippen molar-refractivity contribution in [2.24, 2.45) is 11.7 Å². The molecule has 3 aliphatic rings. The lowest BCUT2D eigenvalue weighted by molar-refractivity contribution is -0.139. The van der Waals surface area contributed by atoms with Crippen LogP contribution in [0.2, 0.25) is 0 Å². The molecular formula is C23H34N4O8S. The fraction of sp³-hybridized carbons (Fsp3) is 0.696. The number of aliphatic hydroxyl groups is 1. The van der Waals surface area contributed by atoms with E-state index in [4.69, 9.17) is 10.5 Å². The number of primary amides is 1. The van der Waals surface area contributed by atoms with Gasteiger partial charge in [0.05, 0.1) is 16.8 Å². The van der Waals surface area contributed by atoms with Crippen molar-refractivity contribution in [3.8, 4) is 0 Å². The molecule has 0 aromatic rings. The second-order valence-electron chi connectivity index (χ2n) is 10.8. The molecule has 4 atom stereocenters. The van der Waals surface area contributed by atoms with Crippen LogP contribution in [-0.2, 0) is 29.1 Å². The van der Waals surface area contributed by atoms with E-state index in [1.807, 2.05) is 0 Å². The highest BCUT2D eigenvalue weighted by Crippen LogP contribution is 2.43.